The lowest BCUT2D eigenvalue weighted by atomic mass is 9.74. The number of pyridine rings is 1. The molecule has 1 aromatic rings. The van der Waals surface area contributed by atoms with Crippen molar-refractivity contribution in [3.05, 3.63) is 24.0 Å². The first kappa shape index (κ1) is 14.3. The van der Waals surface area contributed by atoms with Gasteiger partial charge in [0.25, 0.3) is 0 Å². The topological polar surface area (TPSA) is 42.4 Å². The molecule has 0 bridgehead atoms. The van der Waals surface area contributed by atoms with E-state index in [1.807, 2.05) is 13.0 Å². The first-order chi connectivity index (χ1) is 9.18. The molecule has 1 N–H and O–H groups in total. The summed E-state index contributed by atoms with van der Waals surface area (Å²) in [5.41, 5.74) is 0.207. The van der Waals surface area contributed by atoms with E-state index in [1.165, 1.54) is 12.8 Å². The van der Waals surface area contributed by atoms with Gasteiger partial charge in [0.05, 0.1) is 18.4 Å². The fourth-order valence-corrected chi connectivity index (χ4v) is 3.06. The summed E-state index contributed by atoms with van der Waals surface area (Å²) in [7, 11) is 0. The molecule has 106 valence electrons. The Morgan fingerprint density at radius 1 is 1.32 bits per heavy atom. The van der Waals surface area contributed by atoms with Crippen LogP contribution in [0.15, 0.2) is 18.5 Å². The highest BCUT2D eigenvalue weighted by Gasteiger charge is 2.34. The maximum Gasteiger partial charge on any atom is 0.137 e. The Morgan fingerprint density at radius 2 is 2.05 bits per heavy atom. The summed E-state index contributed by atoms with van der Waals surface area (Å²) in [5.74, 6) is 1.54. The van der Waals surface area contributed by atoms with Crippen LogP contribution in [-0.2, 0) is 5.60 Å². The second-order valence-electron chi connectivity index (χ2n) is 5.61. The predicted octanol–water partition coefficient (Wildman–Crippen LogP) is 3.66. The molecule has 2 rings (SSSR count). The molecule has 0 spiro atoms. The van der Waals surface area contributed by atoms with Crippen LogP contribution in [0.25, 0.3) is 0 Å². The van der Waals surface area contributed by atoms with Crippen LogP contribution in [0.1, 0.15) is 57.9 Å². The van der Waals surface area contributed by atoms with E-state index in [0.717, 1.165) is 42.9 Å². The summed E-state index contributed by atoms with van der Waals surface area (Å²) in [4.78, 5) is 4.19. The lowest BCUT2D eigenvalue weighted by Gasteiger charge is -2.36. The van der Waals surface area contributed by atoms with Gasteiger partial charge in [-0.05, 0) is 44.6 Å². The second kappa shape index (κ2) is 6.38. The number of nitrogens with zero attached hydrogens (tertiary/aromatic N) is 1. The van der Waals surface area contributed by atoms with Crippen LogP contribution in [0, 0.1) is 5.92 Å². The number of aliphatic hydroxyl groups is 1. The third-order valence-electron chi connectivity index (χ3n) is 4.19. The molecule has 0 amide bonds. The molecule has 1 aliphatic carbocycles. The first-order valence-corrected chi connectivity index (χ1v) is 7.48. The van der Waals surface area contributed by atoms with Gasteiger partial charge in [0.2, 0.25) is 0 Å². The van der Waals surface area contributed by atoms with E-state index in [4.69, 9.17) is 4.74 Å². The molecule has 1 saturated carbocycles. The number of rotatable bonds is 5. The van der Waals surface area contributed by atoms with E-state index in [0.29, 0.717) is 6.61 Å². The normalized spacial score (nSPS) is 27.2. The van der Waals surface area contributed by atoms with Crippen molar-refractivity contribution in [2.45, 2.75) is 58.0 Å². The molecule has 1 heterocycles. The Morgan fingerprint density at radius 3 is 2.68 bits per heavy atom. The van der Waals surface area contributed by atoms with E-state index < -0.39 is 5.60 Å². The zero-order chi connectivity index (χ0) is 13.7. The Bertz CT molecular complexity index is 397. The van der Waals surface area contributed by atoms with Gasteiger partial charge in [0.1, 0.15) is 5.75 Å². The minimum Gasteiger partial charge on any atom is -0.492 e. The van der Waals surface area contributed by atoms with E-state index in [1.54, 1.807) is 12.4 Å². The lowest BCUT2D eigenvalue weighted by Crippen LogP contribution is -2.31. The molecule has 1 fully saturated rings. The molecule has 19 heavy (non-hydrogen) atoms. The molecule has 0 atom stereocenters. The minimum absolute atomic E-state index is 0.627. The van der Waals surface area contributed by atoms with Crippen molar-refractivity contribution in [3.63, 3.8) is 0 Å². The highest BCUT2D eigenvalue weighted by Crippen LogP contribution is 2.41. The van der Waals surface area contributed by atoms with Crippen LogP contribution < -0.4 is 4.74 Å². The molecule has 3 heteroatoms. The molecule has 1 aliphatic rings. The smallest absolute Gasteiger partial charge is 0.137 e. The second-order valence-corrected chi connectivity index (χ2v) is 5.61. The third kappa shape index (κ3) is 3.47. The summed E-state index contributed by atoms with van der Waals surface area (Å²) in [6, 6.07) is 1.94. The van der Waals surface area contributed by atoms with Gasteiger partial charge < -0.3 is 9.84 Å². The lowest BCUT2D eigenvalue weighted by molar-refractivity contribution is -0.0156. The Hall–Kier alpha value is -1.09. The van der Waals surface area contributed by atoms with Crippen molar-refractivity contribution in [2.24, 2.45) is 5.92 Å². The quantitative estimate of drug-likeness (QED) is 0.881. The van der Waals surface area contributed by atoms with Gasteiger partial charge in [-0.2, -0.15) is 0 Å². The molecule has 0 aromatic carbocycles. The van der Waals surface area contributed by atoms with E-state index in [-0.39, 0.29) is 0 Å². The molecule has 0 radical (unpaired) electrons. The molecule has 0 unspecified atom stereocenters. The molecular weight excluding hydrogens is 238 g/mol. The maximum atomic E-state index is 10.8. The molecule has 3 nitrogen and oxygen atoms in total. The van der Waals surface area contributed by atoms with Crippen LogP contribution >= 0.6 is 0 Å². The van der Waals surface area contributed by atoms with Gasteiger partial charge in [0.15, 0.2) is 0 Å². The van der Waals surface area contributed by atoms with Crippen LogP contribution in [0.2, 0.25) is 0 Å². The maximum absolute atomic E-state index is 10.8. The fraction of sp³-hybridized carbons (Fsp3) is 0.688. The van der Waals surface area contributed by atoms with Gasteiger partial charge in [-0.25, -0.2) is 0 Å². The van der Waals surface area contributed by atoms with E-state index in [9.17, 15) is 5.11 Å². The Labute approximate surface area is 116 Å². The van der Waals surface area contributed by atoms with Gasteiger partial charge in [-0.1, -0.05) is 19.8 Å². The third-order valence-corrected chi connectivity index (χ3v) is 4.19. The zero-order valence-corrected chi connectivity index (χ0v) is 12.1. The molecule has 0 aliphatic heterocycles. The Balaban J connectivity index is 2.06. The standard InChI is InChI=1S/C16H25NO2/c1-3-5-13-6-8-16(18,9-7-13)14-10-15(19-4-2)12-17-11-14/h10-13,18H,3-9H2,1-2H3. The SMILES string of the molecule is CCCC1CCC(O)(c2cncc(OCC)c2)CC1. The highest BCUT2D eigenvalue weighted by molar-refractivity contribution is 5.28. The van der Waals surface area contributed by atoms with Crippen LogP contribution in [0.3, 0.4) is 0 Å². The Kier molecular flexibility index (Phi) is 4.81. The van der Waals surface area contributed by atoms with E-state index >= 15 is 0 Å². The van der Waals surface area contributed by atoms with Crippen molar-refractivity contribution < 1.29 is 9.84 Å². The number of ether oxygens (including phenoxy) is 1. The zero-order valence-electron chi connectivity index (χ0n) is 12.1. The van der Waals surface area contributed by atoms with Crippen molar-refractivity contribution in [1.82, 2.24) is 4.98 Å². The molecular formula is C16H25NO2. The average Bonchev–Trinajstić information content (AvgIpc) is 2.43. The van der Waals surface area contributed by atoms with Gasteiger partial charge >= 0.3 is 0 Å². The molecule has 0 saturated heterocycles. The minimum atomic E-state index is -0.704. The summed E-state index contributed by atoms with van der Waals surface area (Å²) in [6.45, 7) is 4.82. The van der Waals surface area contributed by atoms with E-state index in [2.05, 4.69) is 11.9 Å². The van der Waals surface area contributed by atoms with Crippen LogP contribution in [0.5, 0.6) is 5.75 Å². The van der Waals surface area contributed by atoms with Crippen molar-refractivity contribution >= 4 is 0 Å². The molecule has 1 aromatic heterocycles. The van der Waals surface area contributed by atoms with Crippen LogP contribution in [0.4, 0.5) is 0 Å². The summed E-state index contributed by atoms with van der Waals surface area (Å²) >= 11 is 0. The number of hydrogen-bond donors (Lipinski definition) is 1. The predicted molar refractivity (Wildman–Crippen MR) is 76.2 cm³/mol. The van der Waals surface area contributed by atoms with Crippen molar-refractivity contribution in [1.29, 1.82) is 0 Å². The number of hydrogen-bond acceptors (Lipinski definition) is 3. The summed E-state index contributed by atoms with van der Waals surface area (Å²) in [6.07, 6.45) is 9.93. The van der Waals surface area contributed by atoms with Crippen molar-refractivity contribution in [2.75, 3.05) is 6.61 Å². The number of aromatic nitrogens is 1. The summed E-state index contributed by atoms with van der Waals surface area (Å²) in [5, 5.41) is 10.8. The fourth-order valence-electron chi connectivity index (χ4n) is 3.06. The van der Waals surface area contributed by atoms with Crippen LogP contribution in [-0.4, -0.2) is 16.7 Å². The van der Waals surface area contributed by atoms with Crippen molar-refractivity contribution in [3.8, 4) is 5.75 Å². The van der Waals surface area contributed by atoms with Gasteiger partial charge in [-0.15, -0.1) is 0 Å². The average molecular weight is 263 g/mol. The monoisotopic (exact) mass is 263 g/mol. The summed E-state index contributed by atoms with van der Waals surface area (Å²) < 4.78 is 5.47. The highest BCUT2D eigenvalue weighted by atomic mass is 16.5. The van der Waals surface area contributed by atoms with Gasteiger partial charge in [-0.3, -0.25) is 4.98 Å². The largest absolute Gasteiger partial charge is 0.492 e. The first-order valence-electron chi connectivity index (χ1n) is 7.48. The van der Waals surface area contributed by atoms with Gasteiger partial charge in [0, 0.05) is 11.8 Å².